The van der Waals surface area contributed by atoms with Crippen molar-refractivity contribution in [1.29, 1.82) is 0 Å². The van der Waals surface area contributed by atoms with E-state index in [9.17, 15) is 13.6 Å². The van der Waals surface area contributed by atoms with Gasteiger partial charge in [0, 0.05) is 11.4 Å². The molecule has 28 heavy (non-hydrogen) atoms. The Morgan fingerprint density at radius 3 is 2.46 bits per heavy atom. The number of aryl methyl sites for hydroxylation is 2. The highest BCUT2D eigenvalue weighted by atomic mass is 32.2. The van der Waals surface area contributed by atoms with Crippen LogP contribution < -0.4 is 14.5 Å². The number of rotatable bonds is 6. The second-order valence-electron chi connectivity index (χ2n) is 5.94. The molecule has 2 aromatic rings. The van der Waals surface area contributed by atoms with E-state index in [1.165, 1.54) is 22.8 Å². The average Bonchev–Trinajstić information content (AvgIpc) is 3.08. The number of carbonyl (C=O) groups excluding carboxylic acids is 1. The van der Waals surface area contributed by atoms with Gasteiger partial charge in [0.1, 0.15) is 0 Å². The molecular formula is C19H18F2N2O3S2. The van der Waals surface area contributed by atoms with Crippen LogP contribution in [0.5, 0.6) is 11.5 Å². The molecule has 0 unspecified atom stereocenters. The van der Waals surface area contributed by atoms with Gasteiger partial charge in [0.05, 0.1) is 11.5 Å². The number of hydrogen-bond donors (Lipinski definition) is 0. The molecule has 5 nitrogen and oxygen atoms in total. The highest BCUT2D eigenvalue weighted by Crippen LogP contribution is 2.35. The van der Waals surface area contributed by atoms with Crippen LogP contribution in [0, 0.1) is 13.8 Å². The van der Waals surface area contributed by atoms with Gasteiger partial charge in [0.25, 0.3) is 5.91 Å². The number of benzene rings is 1. The number of ether oxygens (including phenoxy) is 2. The van der Waals surface area contributed by atoms with Gasteiger partial charge in [-0.1, -0.05) is 17.8 Å². The average molecular weight is 424 g/mol. The van der Waals surface area contributed by atoms with Crippen molar-refractivity contribution in [2.45, 2.75) is 27.4 Å². The third-order valence-corrected chi connectivity index (χ3v) is 5.27. The molecule has 0 aliphatic carbocycles. The summed E-state index contributed by atoms with van der Waals surface area (Å²) in [4.78, 5) is 13.4. The highest BCUT2D eigenvalue weighted by molar-refractivity contribution is 8.27. The lowest BCUT2D eigenvalue weighted by Gasteiger charge is -2.20. The molecule has 3 rings (SSSR count). The highest BCUT2D eigenvalue weighted by Gasteiger charge is 2.34. The first kappa shape index (κ1) is 20.3. The van der Waals surface area contributed by atoms with Gasteiger partial charge < -0.3 is 9.47 Å². The van der Waals surface area contributed by atoms with E-state index in [4.69, 9.17) is 17.0 Å². The molecule has 0 N–H and O–H groups in total. The van der Waals surface area contributed by atoms with Crippen molar-refractivity contribution < 1.29 is 23.0 Å². The van der Waals surface area contributed by atoms with Gasteiger partial charge in [-0.25, -0.2) is 0 Å². The zero-order valence-corrected chi connectivity index (χ0v) is 17.1. The van der Waals surface area contributed by atoms with Gasteiger partial charge in [-0.15, -0.1) is 0 Å². The molecule has 1 fully saturated rings. The number of alkyl halides is 2. The number of thiocarbonyl (C=S) groups is 1. The van der Waals surface area contributed by atoms with Crippen molar-refractivity contribution in [2.75, 3.05) is 11.6 Å². The van der Waals surface area contributed by atoms with E-state index < -0.39 is 6.61 Å². The normalized spacial score (nSPS) is 15.8. The summed E-state index contributed by atoms with van der Waals surface area (Å²) in [7, 11) is 0. The van der Waals surface area contributed by atoms with E-state index in [1.54, 1.807) is 29.8 Å². The Labute approximate surface area is 170 Å². The number of aromatic nitrogens is 1. The number of amides is 1. The Morgan fingerprint density at radius 2 is 1.86 bits per heavy atom. The van der Waals surface area contributed by atoms with Crippen LogP contribution in [-0.4, -0.2) is 28.1 Å². The number of hydrogen-bond acceptors (Lipinski definition) is 5. The molecule has 1 aromatic heterocycles. The van der Waals surface area contributed by atoms with E-state index in [0.29, 0.717) is 14.8 Å². The Balaban J connectivity index is 1.92. The van der Waals surface area contributed by atoms with Crippen LogP contribution in [0.2, 0.25) is 0 Å². The monoisotopic (exact) mass is 424 g/mol. The largest absolute Gasteiger partial charge is 0.490 e. The smallest absolute Gasteiger partial charge is 0.387 e. The summed E-state index contributed by atoms with van der Waals surface area (Å²) in [5, 5.41) is 1.45. The molecule has 0 radical (unpaired) electrons. The molecule has 0 bridgehead atoms. The quantitative estimate of drug-likeness (QED) is 0.499. The Hall–Kier alpha value is -2.39. The lowest BCUT2D eigenvalue weighted by molar-refractivity contribution is -0.114. The van der Waals surface area contributed by atoms with Crippen molar-refractivity contribution in [1.82, 2.24) is 4.68 Å². The molecule has 2 heterocycles. The van der Waals surface area contributed by atoms with E-state index in [0.717, 1.165) is 11.4 Å². The van der Waals surface area contributed by atoms with Gasteiger partial charge in [-0.2, -0.15) is 13.8 Å². The van der Waals surface area contributed by atoms with E-state index in [-0.39, 0.29) is 24.0 Å². The van der Waals surface area contributed by atoms with Crippen LogP contribution in [0.4, 0.5) is 8.78 Å². The summed E-state index contributed by atoms with van der Waals surface area (Å²) in [5.41, 5.74) is 2.40. The fraction of sp³-hybridized carbons (Fsp3) is 0.263. The van der Waals surface area contributed by atoms with Crippen molar-refractivity contribution in [2.24, 2.45) is 0 Å². The SMILES string of the molecule is CCOc1cc(/C=C2\SC(=S)N(n3c(C)ccc3C)C2=O)ccc1OC(F)F. The second kappa shape index (κ2) is 8.32. The first-order valence-electron chi connectivity index (χ1n) is 8.46. The Bertz CT molecular complexity index is 937. The van der Waals surface area contributed by atoms with E-state index in [1.807, 2.05) is 26.0 Å². The molecule has 9 heteroatoms. The summed E-state index contributed by atoms with van der Waals surface area (Å²) >= 11 is 6.57. The maximum atomic E-state index is 12.9. The van der Waals surface area contributed by atoms with Gasteiger partial charge in [0.2, 0.25) is 0 Å². The first-order valence-corrected chi connectivity index (χ1v) is 9.69. The number of nitrogens with zero attached hydrogens (tertiary/aromatic N) is 2. The third-order valence-electron chi connectivity index (χ3n) is 3.99. The van der Waals surface area contributed by atoms with Gasteiger partial charge in [0.15, 0.2) is 15.8 Å². The predicted octanol–water partition coefficient (Wildman–Crippen LogP) is 4.64. The molecule has 148 valence electrons. The molecule has 1 aromatic carbocycles. The summed E-state index contributed by atoms with van der Waals surface area (Å²) in [6.07, 6.45) is 1.65. The zero-order valence-electron chi connectivity index (χ0n) is 15.4. The standard InChI is InChI=1S/C19H18F2N2O3S2/c1-4-25-15-9-13(7-8-14(15)26-18(20)21)10-16-17(24)23(19(27)28-16)22-11(2)5-6-12(22)3/h5-10,18H,4H2,1-3H3/b16-10-. The van der Waals surface area contributed by atoms with Crippen LogP contribution in [0.15, 0.2) is 35.2 Å². The number of carbonyl (C=O) groups is 1. The predicted molar refractivity (Wildman–Crippen MR) is 110 cm³/mol. The maximum Gasteiger partial charge on any atom is 0.387 e. The van der Waals surface area contributed by atoms with Gasteiger partial charge in [-0.05, 0) is 68.9 Å². The van der Waals surface area contributed by atoms with Crippen LogP contribution >= 0.6 is 24.0 Å². The fourth-order valence-electron chi connectivity index (χ4n) is 2.84. The van der Waals surface area contributed by atoms with Gasteiger partial charge >= 0.3 is 6.61 Å². The van der Waals surface area contributed by atoms with Crippen LogP contribution in [0.3, 0.4) is 0 Å². The topological polar surface area (TPSA) is 43.7 Å². The summed E-state index contributed by atoms with van der Waals surface area (Å²) < 4.78 is 37.1. The second-order valence-corrected chi connectivity index (χ2v) is 7.61. The van der Waals surface area contributed by atoms with Crippen molar-refractivity contribution >= 4 is 40.3 Å². The molecule has 1 aliphatic rings. The minimum Gasteiger partial charge on any atom is -0.490 e. The first-order chi connectivity index (χ1) is 13.3. The minimum absolute atomic E-state index is 0.0554. The van der Waals surface area contributed by atoms with E-state index >= 15 is 0 Å². The third kappa shape index (κ3) is 4.05. The van der Waals surface area contributed by atoms with Crippen LogP contribution in [-0.2, 0) is 4.79 Å². The molecule has 0 spiro atoms. The van der Waals surface area contributed by atoms with Crippen molar-refractivity contribution in [3.63, 3.8) is 0 Å². The van der Waals surface area contributed by atoms with Crippen LogP contribution in [0.1, 0.15) is 23.9 Å². The maximum absolute atomic E-state index is 12.9. The molecule has 0 saturated carbocycles. The lowest BCUT2D eigenvalue weighted by Crippen LogP contribution is -2.39. The summed E-state index contributed by atoms with van der Waals surface area (Å²) in [6.45, 7) is 2.87. The zero-order chi connectivity index (χ0) is 20.4. The fourth-order valence-corrected chi connectivity index (χ4v) is 4.08. The molecular weight excluding hydrogens is 406 g/mol. The molecule has 1 amide bonds. The Kier molecular flexibility index (Phi) is 6.04. The minimum atomic E-state index is -2.95. The Morgan fingerprint density at radius 1 is 1.18 bits per heavy atom. The molecule has 1 saturated heterocycles. The van der Waals surface area contributed by atoms with E-state index in [2.05, 4.69) is 4.74 Å². The van der Waals surface area contributed by atoms with Crippen LogP contribution in [0.25, 0.3) is 6.08 Å². The summed E-state index contributed by atoms with van der Waals surface area (Å²) in [5.74, 6) is -0.118. The molecule has 1 aliphatic heterocycles. The lowest BCUT2D eigenvalue weighted by atomic mass is 10.2. The van der Waals surface area contributed by atoms with Crippen molar-refractivity contribution in [3.8, 4) is 11.5 Å². The summed E-state index contributed by atoms with van der Waals surface area (Å²) in [6, 6.07) is 8.35. The number of halogens is 2. The number of thioether (sulfide) groups is 1. The molecule has 0 atom stereocenters. The van der Waals surface area contributed by atoms with Gasteiger partial charge in [-0.3, -0.25) is 9.47 Å². The van der Waals surface area contributed by atoms with Crippen molar-refractivity contribution in [3.05, 3.63) is 52.2 Å².